The van der Waals surface area contributed by atoms with Crippen LogP contribution in [-0.2, 0) is 0 Å². The van der Waals surface area contributed by atoms with E-state index in [0.717, 1.165) is 28.3 Å². The third-order valence-corrected chi connectivity index (χ3v) is 4.64. The Morgan fingerprint density at radius 2 is 2.14 bits per heavy atom. The zero-order chi connectivity index (χ0) is 19.8. The van der Waals surface area contributed by atoms with Crippen molar-refractivity contribution < 1.29 is 9.18 Å². The fraction of sp³-hybridized carbons (Fsp3) is 0.222. The highest BCUT2D eigenvalue weighted by molar-refractivity contribution is 6.30. The summed E-state index contributed by atoms with van der Waals surface area (Å²) in [5.41, 5.74) is 0.276. The third kappa shape index (κ3) is 2.93. The molecule has 0 unspecified atom stereocenters. The van der Waals surface area contributed by atoms with Crippen LogP contribution in [-0.4, -0.2) is 37.1 Å². The number of benzene rings is 1. The van der Waals surface area contributed by atoms with Crippen molar-refractivity contribution in [1.29, 1.82) is 0 Å². The molecular weight excluding hydrogens is 387 g/mol. The number of H-pyrrole nitrogens is 1. The van der Waals surface area contributed by atoms with Gasteiger partial charge in [-0.1, -0.05) is 24.9 Å². The van der Waals surface area contributed by atoms with Gasteiger partial charge in [0.2, 0.25) is 0 Å². The molecule has 0 spiro atoms. The normalized spacial score (nSPS) is 11.4. The van der Waals surface area contributed by atoms with Gasteiger partial charge in [-0.3, -0.25) is 9.89 Å². The van der Waals surface area contributed by atoms with Crippen LogP contribution >= 0.6 is 11.6 Å². The number of amides is 1. The first-order chi connectivity index (χ1) is 13.5. The molecule has 0 aliphatic heterocycles. The lowest BCUT2D eigenvalue weighted by Crippen LogP contribution is -2.30. The smallest absolute Gasteiger partial charge is 0.336 e. The van der Waals surface area contributed by atoms with Crippen LogP contribution in [0.2, 0.25) is 5.02 Å². The zero-order valence-electron chi connectivity index (χ0n) is 14.9. The molecule has 4 rings (SSSR count). The van der Waals surface area contributed by atoms with E-state index in [1.807, 2.05) is 6.92 Å². The molecule has 0 fully saturated rings. The van der Waals surface area contributed by atoms with E-state index in [4.69, 9.17) is 11.6 Å². The van der Waals surface area contributed by atoms with E-state index in [0.29, 0.717) is 23.1 Å². The van der Waals surface area contributed by atoms with Gasteiger partial charge in [-0.05, 0) is 24.6 Å². The summed E-state index contributed by atoms with van der Waals surface area (Å²) in [5, 5.41) is 10.7. The molecule has 1 amide bonds. The Balaban J connectivity index is 1.83. The number of nitrogens with zero attached hydrogens (tertiary/aromatic N) is 4. The topological polar surface area (TPSA) is 97.6 Å². The standard InChI is InChI=1S/C18H16ClFN6O2/c1-2-3-6-21-18(28)26-16-11(9-23-26)15-12(8-22-16)17(27)25(24-15)14-5-4-10(19)7-13(14)20/h4-5,7-9,24H,2-3,6H2,1H3,(H,21,28). The molecule has 8 nitrogen and oxygen atoms in total. The minimum Gasteiger partial charge on any atom is -0.336 e. The Hall–Kier alpha value is -3.20. The number of carbonyl (C=O) groups is 1. The van der Waals surface area contributed by atoms with Crippen molar-refractivity contribution in [2.24, 2.45) is 0 Å². The predicted octanol–water partition coefficient (Wildman–Crippen LogP) is 3.21. The largest absolute Gasteiger partial charge is 0.344 e. The lowest BCUT2D eigenvalue weighted by molar-refractivity contribution is 0.240. The Kier molecular flexibility index (Phi) is 4.60. The van der Waals surface area contributed by atoms with Gasteiger partial charge < -0.3 is 5.32 Å². The molecule has 3 heterocycles. The van der Waals surface area contributed by atoms with Gasteiger partial charge in [-0.2, -0.15) is 9.78 Å². The van der Waals surface area contributed by atoms with Crippen LogP contribution in [0.1, 0.15) is 19.8 Å². The maximum Gasteiger partial charge on any atom is 0.344 e. The molecule has 0 saturated heterocycles. The highest BCUT2D eigenvalue weighted by Gasteiger charge is 2.18. The second kappa shape index (κ2) is 7.08. The Labute approximate surface area is 162 Å². The number of aromatic amines is 1. The number of hydrogen-bond donors (Lipinski definition) is 2. The first kappa shape index (κ1) is 18.2. The lowest BCUT2D eigenvalue weighted by atomic mass is 10.2. The molecule has 3 aromatic heterocycles. The maximum atomic E-state index is 14.3. The van der Waals surface area contributed by atoms with Crippen LogP contribution in [0, 0.1) is 5.82 Å². The van der Waals surface area contributed by atoms with Crippen molar-refractivity contribution in [3.63, 3.8) is 0 Å². The van der Waals surface area contributed by atoms with E-state index in [9.17, 15) is 14.0 Å². The number of fused-ring (bicyclic) bond motifs is 3. The van der Waals surface area contributed by atoms with Gasteiger partial charge in [0.15, 0.2) is 5.65 Å². The Bertz CT molecular complexity index is 1260. The summed E-state index contributed by atoms with van der Waals surface area (Å²) < 4.78 is 16.5. The number of halogens is 2. The molecular formula is C18H16ClFN6O2. The highest BCUT2D eigenvalue weighted by atomic mass is 35.5. The minimum atomic E-state index is -0.642. The molecule has 0 aliphatic rings. The first-order valence-electron chi connectivity index (χ1n) is 8.72. The van der Waals surface area contributed by atoms with Crippen LogP contribution in [0.3, 0.4) is 0 Å². The molecule has 144 valence electrons. The van der Waals surface area contributed by atoms with E-state index >= 15 is 0 Å². The molecule has 1 aromatic carbocycles. The Morgan fingerprint density at radius 3 is 2.89 bits per heavy atom. The van der Waals surface area contributed by atoms with Gasteiger partial charge >= 0.3 is 6.03 Å². The summed E-state index contributed by atoms with van der Waals surface area (Å²) in [6.45, 7) is 2.56. The summed E-state index contributed by atoms with van der Waals surface area (Å²) >= 11 is 5.78. The molecule has 10 heteroatoms. The number of carbonyl (C=O) groups excluding carboxylic acids is 1. The quantitative estimate of drug-likeness (QED) is 0.512. The third-order valence-electron chi connectivity index (χ3n) is 4.41. The van der Waals surface area contributed by atoms with Gasteiger partial charge in [0, 0.05) is 17.8 Å². The molecule has 4 aromatic rings. The predicted molar refractivity (Wildman–Crippen MR) is 104 cm³/mol. The molecule has 28 heavy (non-hydrogen) atoms. The van der Waals surface area contributed by atoms with E-state index in [1.54, 1.807) is 0 Å². The van der Waals surface area contributed by atoms with E-state index in [2.05, 4.69) is 20.5 Å². The van der Waals surface area contributed by atoms with Crippen LogP contribution < -0.4 is 10.9 Å². The number of rotatable bonds is 4. The monoisotopic (exact) mass is 402 g/mol. The number of hydrogen-bond acceptors (Lipinski definition) is 4. The summed E-state index contributed by atoms with van der Waals surface area (Å²) in [6, 6.07) is 3.62. The number of unbranched alkanes of at least 4 members (excludes halogenated alkanes) is 1. The van der Waals surface area contributed by atoms with Crippen LogP contribution in [0.25, 0.3) is 27.6 Å². The fourth-order valence-corrected chi connectivity index (χ4v) is 3.13. The van der Waals surface area contributed by atoms with Gasteiger partial charge in [0.05, 0.1) is 22.5 Å². The highest BCUT2D eigenvalue weighted by Crippen LogP contribution is 2.22. The molecule has 0 radical (unpaired) electrons. The SMILES string of the molecule is CCCCNC(=O)n1ncc2c3[nH]n(-c4ccc(Cl)cc4F)c(=O)c3cnc21. The molecule has 2 N–H and O–H groups in total. The number of nitrogens with one attached hydrogen (secondary N) is 2. The summed E-state index contributed by atoms with van der Waals surface area (Å²) in [6.07, 6.45) is 4.60. The van der Waals surface area contributed by atoms with Crippen molar-refractivity contribution in [3.05, 3.63) is 51.8 Å². The van der Waals surface area contributed by atoms with E-state index < -0.39 is 17.4 Å². The van der Waals surface area contributed by atoms with Crippen molar-refractivity contribution in [1.82, 2.24) is 29.9 Å². The lowest BCUT2D eigenvalue weighted by Gasteiger charge is -2.04. The second-order valence-electron chi connectivity index (χ2n) is 6.27. The van der Waals surface area contributed by atoms with Crippen LogP contribution in [0.4, 0.5) is 9.18 Å². The average molecular weight is 403 g/mol. The van der Waals surface area contributed by atoms with Gasteiger partial charge in [-0.15, -0.1) is 0 Å². The van der Waals surface area contributed by atoms with Gasteiger partial charge in [-0.25, -0.2) is 18.9 Å². The van der Waals surface area contributed by atoms with Crippen LogP contribution in [0.5, 0.6) is 0 Å². The van der Waals surface area contributed by atoms with Gasteiger partial charge in [0.1, 0.15) is 11.5 Å². The molecule has 0 saturated carbocycles. The molecule has 0 aliphatic carbocycles. The summed E-state index contributed by atoms with van der Waals surface area (Å²) in [5.74, 6) is -0.642. The zero-order valence-corrected chi connectivity index (χ0v) is 15.6. The summed E-state index contributed by atoms with van der Waals surface area (Å²) in [4.78, 5) is 29.2. The Morgan fingerprint density at radius 1 is 1.32 bits per heavy atom. The number of pyridine rings is 1. The fourth-order valence-electron chi connectivity index (χ4n) is 2.97. The maximum absolute atomic E-state index is 14.3. The van der Waals surface area contributed by atoms with Gasteiger partial charge in [0.25, 0.3) is 5.56 Å². The van der Waals surface area contributed by atoms with Crippen LogP contribution in [0.15, 0.2) is 35.4 Å². The molecule has 0 bridgehead atoms. The minimum absolute atomic E-state index is 0.0310. The van der Waals surface area contributed by atoms with E-state index in [1.165, 1.54) is 24.5 Å². The van der Waals surface area contributed by atoms with E-state index in [-0.39, 0.29) is 16.1 Å². The number of aromatic nitrogens is 5. The first-order valence-corrected chi connectivity index (χ1v) is 9.10. The van der Waals surface area contributed by atoms with Crippen molar-refractivity contribution in [3.8, 4) is 5.69 Å². The molecule has 0 atom stereocenters. The van der Waals surface area contributed by atoms with Crippen molar-refractivity contribution in [2.45, 2.75) is 19.8 Å². The van der Waals surface area contributed by atoms with Crippen molar-refractivity contribution in [2.75, 3.05) is 6.54 Å². The second-order valence-corrected chi connectivity index (χ2v) is 6.71. The van der Waals surface area contributed by atoms with Crippen molar-refractivity contribution >= 4 is 39.6 Å². The average Bonchev–Trinajstić information content (AvgIpc) is 3.24. The summed E-state index contributed by atoms with van der Waals surface area (Å²) in [7, 11) is 0.